The van der Waals surface area contributed by atoms with Gasteiger partial charge in [0.05, 0.1) is 0 Å². The summed E-state index contributed by atoms with van der Waals surface area (Å²) in [7, 11) is 0. The Kier molecular flexibility index (Phi) is 5.18. The zero-order valence-electron chi connectivity index (χ0n) is 12.5. The number of carbonyl (C=O) groups excluding carboxylic acids is 1. The normalized spacial score (nSPS) is 28.7. The van der Waals surface area contributed by atoms with Crippen molar-refractivity contribution >= 4 is 17.7 Å². The van der Waals surface area contributed by atoms with Crippen molar-refractivity contribution in [2.75, 3.05) is 18.9 Å². The largest absolute Gasteiger partial charge is 0.368 e. The van der Waals surface area contributed by atoms with E-state index in [1.165, 1.54) is 6.42 Å². The van der Waals surface area contributed by atoms with E-state index >= 15 is 0 Å². The monoisotopic (exact) mass is 285 g/mol. The van der Waals surface area contributed by atoms with E-state index in [4.69, 9.17) is 4.74 Å². The van der Waals surface area contributed by atoms with Crippen molar-refractivity contribution in [1.82, 2.24) is 4.90 Å². The van der Waals surface area contributed by atoms with E-state index in [0.29, 0.717) is 6.04 Å². The first kappa shape index (κ1) is 15.2. The third kappa shape index (κ3) is 4.38. The summed E-state index contributed by atoms with van der Waals surface area (Å²) >= 11 is 1.97. The molecule has 3 nitrogen and oxygen atoms in total. The lowest BCUT2D eigenvalue weighted by molar-refractivity contribution is -0.144. The zero-order chi connectivity index (χ0) is 13.9. The smallest absolute Gasteiger partial charge is 0.251 e. The molecule has 0 aliphatic carbocycles. The molecule has 2 atom stereocenters. The molecule has 0 aromatic carbocycles. The summed E-state index contributed by atoms with van der Waals surface area (Å²) in [4.78, 5) is 14.6. The molecule has 0 radical (unpaired) electrons. The number of piperidine rings is 1. The summed E-state index contributed by atoms with van der Waals surface area (Å²) in [6, 6.07) is 0.412. The number of hydrogen-bond donors (Lipinski definition) is 0. The molecule has 0 aromatic heterocycles. The van der Waals surface area contributed by atoms with E-state index in [1.54, 1.807) is 0 Å². The van der Waals surface area contributed by atoms with E-state index in [1.807, 2.05) is 11.8 Å². The van der Waals surface area contributed by atoms with Crippen LogP contribution in [0.5, 0.6) is 0 Å². The van der Waals surface area contributed by atoms with Gasteiger partial charge in [-0.25, -0.2) is 0 Å². The Morgan fingerprint density at radius 3 is 2.68 bits per heavy atom. The van der Waals surface area contributed by atoms with Gasteiger partial charge in [0.1, 0.15) is 6.10 Å². The summed E-state index contributed by atoms with van der Waals surface area (Å²) in [6.07, 6.45) is 5.35. The van der Waals surface area contributed by atoms with Gasteiger partial charge in [0.15, 0.2) is 0 Å². The second kappa shape index (κ2) is 6.49. The molecule has 2 fully saturated rings. The molecule has 4 heteroatoms. The molecule has 1 amide bonds. The highest BCUT2D eigenvalue weighted by molar-refractivity contribution is 8.00. The maximum Gasteiger partial charge on any atom is 0.251 e. The minimum atomic E-state index is -0.153. The molecule has 2 aliphatic heterocycles. The van der Waals surface area contributed by atoms with Crippen LogP contribution in [-0.2, 0) is 9.53 Å². The summed E-state index contributed by atoms with van der Waals surface area (Å²) < 4.78 is 5.84. The number of carbonyl (C=O) groups is 1. The van der Waals surface area contributed by atoms with Crippen molar-refractivity contribution in [3.63, 3.8) is 0 Å². The Labute approximate surface area is 121 Å². The van der Waals surface area contributed by atoms with Crippen molar-refractivity contribution in [2.45, 2.75) is 69.8 Å². The minimum Gasteiger partial charge on any atom is -0.368 e. The van der Waals surface area contributed by atoms with Crippen LogP contribution in [0.3, 0.4) is 0 Å². The third-order valence-corrected chi connectivity index (χ3v) is 5.24. The average Bonchev–Trinajstić information content (AvgIpc) is 2.89. The highest BCUT2D eigenvalue weighted by Crippen LogP contribution is 2.29. The standard InChI is InChI=1S/C15H27NO2S/c1-15(2,3)19-11-12-7-4-5-9-16(12)14(17)13-8-6-10-18-13/h12-13H,4-11H2,1-3H3/t12-,13-/m0/s1. The van der Waals surface area contributed by atoms with Crippen molar-refractivity contribution < 1.29 is 9.53 Å². The summed E-state index contributed by atoms with van der Waals surface area (Å²) in [5.41, 5.74) is 0. The number of nitrogens with zero attached hydrogens (tertiary/aromatic N) is 1. The fourth-order valence-corrected chi connectivity index (χ4v) is 3.81. The van der Waals surface area contributed by atoms with E-state index in [2.05, 4.69) is 25.7 Å². The van der Waals surface area contributed by atoms with Crippen LogP contribution in [0.4, 0.5) is 0 Å². The summed E-state index contributed by atoms with van der Waals surface area (Å²) in [5, 5.41) is 0. The third-order valence-electron chi connectivity index (χ3n) is 3.82. The molecule has 0 bridgehead atoms. The first-order valence-electron chi connectivity index (χ1n) is 7.53. The molecule has 110 valence electrons. The number of rotatable bonds is 3. The molecule has 0 saturated carbocycles. The van der Waals surface area contributed by atoms with Crippen LogP contribution in [0.25, 0.3) is 0 Å². The molecule has 0 unspecified atom stereocenters. The van der Waals surface area contributed by atoms with E-state index in [0.717, 1.165) is 44.6 Å². The predicted molar refractivity (Wildman–Crippen MR) is 80.5 cm³/mol. The SMILES string of the molecule is CC(C)(C)SC[C@@H]1CCCCN1C(=O)[C@@H]1CCCO1. The Hall–Kier alpha value is -0.220. The molecule has 0 N–H and O–H groups in total. The van der Waals surface area contributed by atoms with Crippen LogP contribution in [0.1, 0.15) is 52.9 Å². The second-order valence-electron chi connectivity index (χ2n) is 6.61. The van der Waals surface area contributed by atoms with Gasteiger partial charge in [-0.05, 0) is 32.1 Å². The van der Waals surface area contributed by atoms with Gasteiger partial charge < -0.3 is 9.64 Å². The Morgan fingerprint density at radius 2 is 2.05 bits per heavy atom. The fraction of sp³-hybridized carbons (Fsp3) is 0.933. The van der Waals surface area contributed by atoms with Crippen molar-refractivity contribution in [2.24, 2.45) is 0 Å². The number of ether oxygens (including phenoxy) is 1. The molecule has 19 heavy (non-hydrogen) atoms. The maximum absolute atomic E-state index is 12.5. The summed E-state index contributed by atoms with van der Waals surface area (Å²) in [5.74, 6) is 1.30. The predicted octanol–water partition coefficient (Wildman–Crippen LogP) is 3.08. The van der Waals surface area contributed by atoms with E-state index in [9.17, 15) is 4.79 Å². The van der Waals surface area contributed by atoms with Gasteiger partial charge in [0.2, 0.25) is 0 Å². The number of hydrogen-bond acceptors (Lipinski definition) is 3. The molecule has 0 aromatic rings. The number of thioether (sulfide) groups is 1. The van der Waals surface area contributed by atoms with Crippen LogP contribution < -0.4 is 0 Å². The fourth-order valence-electron chi connectivity index (χ4n) is 2.77. The van der Waals surface area contributed by atoms with Crippen molar-refractivity contribution in [3.05, 3.63) is 0 Å². The first-order valence-corrected chi connectivity index (χ1v) is 8.52. The minimum absolute atomic E-state index is 0.153. The molecule has 0 spiro atoms. The highest BCUT2D eigenvalue weighted by atomic mass is 32.2. The van der Waals surface area contributed by atoms with Crippen LogP contribution in [0.15, 0.2) is 0 Å². The quantitative estimate of drug-likeness (QED) is 0.798. The average molecular weight is 285 g/mol. The second-order valence-corrected chi connectivity index (χ2v) is 8.45. The van der Waals surface area contributed by atoms with Crippen LogP contribution in [0.2, 0.25) is 0 Å². The lowest BCUT2D eigenvalue weighted by atomic mass is 10.0. The molecular formula is C15H27NO2S. The Morgan fingerprint density at radius 1 is 1.26 bits per heavy atom. The lowest BCUT2D eigenvalue weighted by Crippen LogP contribution is -2.49. The maximum atomic E-state index is 12.5. The van der Waals surface area contributed by atoms with Gasteiger partial charge in [-0.2, -0.15) is 11.8 Å². The molecule has 2 saturated heterocycles. The van der Waals surface area contributed by atoms with Crippen LogP contribution in [-0.4, -0.2) is 46.6 Å². The van der Waals surface area contributed by atoms with Gasteiger partial charge in [0, 0.05) is 29.7 Å². The Bertz CT molecular complexity index is 308. The van der Waals surface area contributed by atoms with Gasteiger partial charge in [0.25, 0.3) is 5.91 Å². The number of likely N-dealkylation sites (tertiary alicyclic amines) is 1. The van der Waals surface area contributed by atoms with Crippen LogP contribution in [0, 0.1) is 0 Å². The van der Waals surface area contributed by atoms with Gasteiger partial charge in [-0.15, -0.1) is 0 Å². The lowest BCUT2D eigenvalue weighted by Gasteiger charge is -2.38. The Balaban J connectivity index is 1.93. The van der Waals surface area contributed by atoms with Gasteiger partial charge in [-0.3, -0.25) is 4.79 Å². The first-order chi connectivity index (χ1) is 8.97. The van der Waals surface area contributed by atoms with Crippen molar-refractivity contribution in [1.29, 1.82) is 0 Å². The van der Waals surface area contributed by atoms with Crippen molar-refractivity contribution in [3.8, 4) is 0 Å². The zero-order valence-corrected chi connectivity index (χ0v) is 13.3. The molecule has 2 heterocycles. The van der Waals surface area contributed by atoms with Crippen LogP contribution >= 0.6 is 11.8 Å². The summed E-state index contributed by atoms with van der Waals surface area (Å²) in [6.45, 7) is 8.41. The van der Waals surface area contributed by atoms with E-state index < -0.39 is 0 Å². The van der Waals surface area contributed by atoms with E-state index in [-0.39, 0.29) is 16.8 Å². The number of amides is 1. The molecule has 2 aliphatic rings. The highest BCUT2D eigenvalue weighted by Gasteiger charge is 2.34. The van der Waals surface area contributed by atoms with Gasteiger partial charge in [-0.1, -0.05) is 20.8 Å². The topological polar surface area (TPSA) is 29.5 Å². The van der Waals surface area contributed by atoms with Gasteiger partial charge >= 0.3 is 0 Å². The molecular weight excluding hydrogens is 258 g/mol. The molecule has 2 rings (SSSR count).